The van der Waals surface area contributed by atoms with Gasteiger partial charge >= 0.3 is 12.2 Å². The molecular formula is C29H28F3N9O3. The molecule has 5 heterocycles. The molecule has 3 aromatic heterocycles. The largest absolute Gasteiger partial charge is 0.405 e. The number of nitrogens with zero attached hydrogens (tertiary/aromatic N) is 7. The first kappa shape index (κ1) is 29.1. The van der Waals surface area contributed by atoms with Crippen molar-refractivity contribution in [2.45, 2.75) is 43.5 Å². The molecule has 2 aliphatic rings. The van der Waals surface area contributed by atoms with E-state index in [1.807, 2.05) is 12.3 Å². The summed E-state index contributed by atoms with van der Waals surface area (Å²) < 4.78 is 46.2. The molecule has 0 aliphatic carbocycles. The highest BCUT2D eigenvalue weighted by Gasteiger charge is 2.47. The first-order chi connectivity index (χ1) is 21.1. The van der Waals surface area contributed by atoms with Gasteiger partial charge in [0.1, 0.15) is 12.1 Å². The number of alkyl halides is 3. The number of urea groups is 1. The molecule has 0 saturated carbocycles. The van der Waals surface area contributed by atoms with Crippen molar-refractivity contribution in [3.8, 4) is 28.5 Å². The summed E-state index contributed by atoms with van der Waals surface area (Å²) in [5.74, 6) is 0.0219. The Morgan fingerprint density at radius 2 is 1.93 bits per heavy atom. The molecule has 15 heteroatoms. The number of benzene rings is 1. The van der Waals surface area contributed by atoms with E-state index in [2.05, 4.69) is 26.6 Å². The number of amides is 3. The Balaban J connectivity index is 1.16. The molecule has 0 bridgehead atoms. The van der Waals surface area contributed by atoms with Crippen LogP contribution in [0.4, 0.5) is 23.7 Å². The lowest BCUT2D eigenvalue weighted by Crippen LogP contribution is -2.64. The molecule has 1 unspecified atom stereocenters. The van der Waals surface area contributed by atoms with Crippen LogP contribution in [0.3, 0.4) is 0 Å². The van der Waals surface area contributed by atoms with Crippen LogP contribution in [0.2, 0.25) is 0 Å². The van der Waals surface area contributed by atoms with Gasteiger partial charge in [-0.3, -0.25) is 9.48 Å². The summed E-state index contributed by atoms with van der Waals surface area (Å²) in [6.07, 6.45) is 4.65. The summed E-state index contributed by atoms with van der Waals surface area (Å²) in [4.78, 5) is 30.8. The van der Waals surface area contributed by atoms with Crippen LogP contribution in [-0.2, 0) is 15.1 Å². The Hall–Kier alpha value is -4.97. The second-order valence-corrected chi connectivity index (χ2v) is 11.0. The third-order valence-electron chi connectivity index (χ3n) is 7.79. The SMILES string of the molecule is N#CCC1(n2cc(-c3cnn4c(-c5cccc(NC(=O)NCC(F)(F)F)c5)cnc4c3)cn2)CN(C(=O)CC2CCCO2)C1. The van der Waals surface area contributed by atoms with Crippen molar-refractivity contribution >= 4 is 23.3 Å². The Bertz CT molecular complexity index is 1730. The summed E-state index contributed by atoms with van der Waals surface area (Å²) in [6, 6.07) is 9.69. The Morgan fingerprint density at radius 1 is 1.11 bits per heavy atom. The molecule has 2 aliphatic heterocycles. The van der Waals surface area contributed by atoms with Gasteiger partial charge in [0, 0.05) is 48.3 Å². The van der Waals surface area contributed by atoms with Gasteiger partial charge in [-0.05, 0) is 31.0 Å². The number of anilines is 1. The maximum atomic E-state index is 12.7. The van der Waals surface area contributed by atoms with Crippen molar-refractivity contribution < 1.29 is 27.5 Å². The number of nitriles is 1. The monoisotopic (exact) mass is 607 g/mol. The first-order valence-corrected chi connectivity index (χ1v) is 14.0. The van der Waals surface area contributed by atoms with E-state index in [9.17, 15) is 28.0 Å². The molecule has 3 amide bonds. The lowest BCUT2D eigenvalue weighted by Gasteiger charge is -2.49. The number of imidazole rings is 1. The third kappa shape index (κ3) is 6.06. The highest BCUT2D eigenvalue weighted by atomic mass is 19.4. The summed E-state index contributed by atoms with van der Waals surface area (Å²) in [5, 5.41) is 22.8. The van der Waals surface area contributed by atoms with Crippen molar-refractivity contribution in [2.75, 3.05) is 31.6 Å². The van der Waals surface area contributed by atoms with Gasteiger partial charge in [0.15, 0.2) is 5.65 Å². The van der Waals surface area contributed by atoms with Crippen molar-refractivity contribution in [1.29, 1.82) is 5.26 Å². The number of likely N-dealkylation sites (tertiary alicyclic amines) is 1. The Kier molecular flexibility index (Phi) is 7.68. The molecule has 2 saturated heterocycles. The molecule has 2 fully saturated rings. The maximum absolute atomic E-state index is 12.7. The number of hydrogen-bond acceptors (Lipinski definition) is 7. The third-order valence-corrected chi connectivity index (χ3v) is 7.79. The molecule has 44 heavy (non-hydrogen) atoms. The number of rotatable bonds is 8. The summed E-state index contributed by atoms with van der Waals surface area (Å²) >= 11 is 0. The zero-order valence-corrected chi connectivity index (χ0v) is 23.4. The van der Waals surface area contributed by atoms with E-state index in [0.717, 1.165) is 24.0 Å². The van der Waals surface area contributed by atoms with Crippen LogP contribution in [0.1, 0.15) is 25.7 Å². The second-order valence-electron chi connectivity index (χ2n) is 11.0. The van der Waals surface area contributed by atoms with E-state index in [4.69, 9.17) is 4.74 Å². The first-order valence-electron chi connectivity index (χ1n) is 14.0. The van der Waals surface area contributed by atoms with Gasteiger partial charge in [-0.25, -0.2) is 14.3 Å². The van der Waals surface area contributed by atoms with E-state index >= 15 is 0 Å². The van der Waals surface area contributed by atoms with Crippen LogP contribution in [0.25, 0.3) is 28.0 Å². The van der Waals surface area contributed by atoms with Crippen LogP contribution >= 0.6 is 0 Å². The van der Waals surface area contributed by atoms with Crippen molar-refractivity contribution in [3.05, 3.63) is 55.1 Å². The number of ether oxygens (including phenoxy) is 1. The number of carbonyl (C=O) groups is 2. The van der Waals surface area contributed by atoms with Gasteiger partial charge in [-0.1, -0.05) is 12.1 Å². The minimum Gasteiger partial charge on any atom is -0.378 e. The average molecular weight is 608 g/mol. The van der Waals surface area contributed by atoms with Gasteiger partial charge in [0.2, 0.25) is 5.91 Å². The Labute approximate surface area is 249 Å². The van der Waals surface area contributed by atoms with E-state index in [1.54, 1.807) is 62.3 Å². The van der Waals surface area contributed by atoms with Crippen molar-refractivity contribution in [3.63, 3.8) is 0 Å². The molecule has 12 nitrogen and oxygen atoms in total. The molecule has 2 N–H and O–H groups in total. The van der Waals surface area contributed by atoms with E-state index in [0.29, 0.717) is 48.7 Å². The normalized spacial score (nSPS) is 17.7. The predicted molar refractivity (Wildman–Crippen MR) is 151 cm³/mol. The topological polar surface area (TPSA) is 142 Å². The molecule has 228 valence electrons. The van der Waals surface area contributed by atoms with Crippen LogP contribution in [0.5, 0.6) is 0 Å². The van der Waals surface area contributed by atoms with Crippen LogP contribution in [0.15, 0.2) is 55.1 Å². The average Bonchev–Trinajstić information content (AvgIpc) is 3.74. The molecule has 6 rings (SSSR count). The number of nitrogens with one attached hydrogen (secondary N) is 2. The molecule has 1 aromatic carbocycles. The molecule has 4 aromatic rings. The standard InChI is InChI=1S/C29H28F3N9O3/c30-29(31,32)16-35-27(43)38-22-4-1-3-19(9-22)24-14-34-25-10-20(12-37-41(24)25)21-13-36-40(15-21)28(6-7-33)17-39(18-28)26(42)11-23-5-2-8-44-23/h1,3-4,9-10,12-15,23H,2,5-6,8,11,16-18H2,(H2,35,38,43). The lowest BCUT2D eigenvalue weighted by atomic mass is 9.86. The molecular weight excluding hydrogens is 579 g/mol. The van der Waals surface area contributed by atoms with Gasteiger partial charge in [0.05, 0.1) is 49.3 Å². The minimum absolute atomic E-state index is 0.0219. The van der Waals surface area contributed by atoms with E-state index < -0.39 is 24.3 Å². The lowest BCUT2D eigenvalue weighted by molar-refractivity contribution is -0.144. The van der Waals surface area contributed by atoms with Gasteiger partial charge in [-0.15, -0.1) is 0 Å². The second kappa shape index (κ2) is 11.6. The number of halogens is 3. The summed E-state index contributed by atoms with van der Waals surface area (Å²) in [7, 11) is 0. The fourth-order valence-electron chi connectivity index (χ4n) is 5.53. The van der Waals surface area contributed by atoms with Crippen molar-refractivity contribution in [2.24, 2.45) is 0 Å². The zero-order chi connectivity index (χ0) is 30.9. The van der Waals surface area contributed by atoms with E-state index in [1.165, 1.54) is 0 Å². The van der Waals surface area contributed by atoms with Crippen LogP contribution in [0, 0.1) is 11.3 Å². The fourth-order valence-corrected chi connectivity index (χ4v) is 5.53. The number of fused-ring (bicyclic) bond motifs is 1. The quantitative estimate of drug-likeness (QED) is 0.309. The summed E-state index contributed by atoms with van der Waals surface area (Å²) in [6.45, 7) is 0.0392. The van der Waals surface area contributed by atoms with Crippen molar-refractivity contribution in [1.82, 2.24) is 34.6 Å². The number of hydrogen-bond donors (Lipinski definition) is 2. The summed E-state index contributed by atoms with van der Waals surface area (Å²) in [5.41, 5.74) is 2.98. The fraction of sp³-hybridized carbons (Fsp3) is 0.379. The highest BCUT2D eigenvalue weighted by molar-refractivity contribution is 5.90. The molecule has 0 radical (unpaired) electrons. The van der Waals surface area contributed by atoms with Gasteiger partial charge in [0.25, 0.3) is 0 Å². The van der Waals surface area contributed by atoms with E-state index in [-0.39, 0.29) is 18.4 Å². The molecule has 0 spiro atoms. The predicted octanol–water partition coefficient (Wildman–Crippen LogP) is 3.96. The zero-order valence-electron chi connectivity index (χ0n) is 23.4. The van der Waals surface area contributed by atoms with Crippen LogP contribution in [-0.4, -0.2) is 79.7 Å². The number of aromatic nitrogens is 5. The smallest absolute Gasteiger partial charge is 0.378 e. The number of carbonyl (C=O) groups excluding carboxylic acids is 2. The minimum atomic E-state index is -4.51. The Morgan fingerprint density at radius 3 is 2.68 bits per heavy atom. The highest BCUT2D eigenvalue weighted by Crippen LogP contribution is 2.35. The van der Waals surface area contributed by atoms with Crippen LogP contribution < -0.4 is 10.6 Å². The molecule has 1 atom stereocenters. The van der Waals surface area contributed by atoms with Gasteiger partial charge in [-0.2, -0.15) is 28.6 Å². The maximum Gasteiger partial charge on any atom is 0.405 e. The van der Waals surface area contributed by atoms with Gasteiger partial charge < -0.3 is 20.3 Å².